The summed E-state index contributed by atoms with van der Waals surface area (Å²) in [6.07, 6.45) is 0. The first-order valence-corrected chi connectivity index (χ1v) is 6.79. The minimum absolute atomic E-state index is 0.00620. The lowest BCUT2D eigenvalue weighted by molar-refractivity contribution is -0.386. The number of benzene rings is 2. The van der Waals surface area contributed by atoms with E-state index in [-0.39, 0.29) is 22.5 Å². The van der Waals surface area contributed by atoms with E-state index in [1.54, 1.807) is 0 Å². The third-order valence-electron chi connectivity index (χ3n) is 3.58. The minimum Gasteiger partial charge on any atom is -0.480 e. The summed E-state index contributed by atoms with van der Waals surface area (Å²) < 4.78 is 0. The Kier molecular flexibility index (Phi) is 4.85. The molecule has 2 rings (SSSR count). The van der Waals surface area contributed by atoms with Crippen molar-refractivity contribution in [3.63, 3.8) is 0 Å². The van der Waals surface area contributed by atoms with Gasteiger partial charge in [-0.3, -0.25) is 25.0 Å². The van der Waals surface area contributed by atoms with Crippen LogP contribution in [0.3, 0.4) is 0 Å². The Morgan fingerprint density at radius 1 is 0.917 bits per heavy atom. The molecule has 0 heterocycles. The van der Waals surface area contributed by atoms with Gasteiger partial charge in [0.15, 0.2) is 0 Å². The van der Waals surface area contributed by atoms with E-state index >= 15 is 0 Å². The predicted molar refractivity (Wildman–Crippen MR) is 83.6 cm³/mol. The van der Waals surface area contributed by atoms with Gasteiger partial charge in [0, 0.05) is 29.2 Å². The molecule has 3 N–H and O–H groups in total. The van der Waals surface area contributed by atoms with Crippen molar-refractivity contribution < 1.29 is 19.7 Å². The average Bonchev–Trinajstić information content (AvgIpc) is 2.55. The number of carboxylic acid groups (broad SMARTS) is 1. The van der Waals surface area contributed by atoms with E-state index in [4.69, 9.17) is 5.73 Å². The molecule has 24 heavy (non-hydrogen) atoms. The second kappa shape index (κ2) is 6.84. The number of hydrogen-bond acceptors (Lipinski definition) is 6. The molecular formula is C15H13N3O6. The number of nitrogens with two attached hydrogens (primary N) is 1. The smallest absolute Gasteiger partial charge is 0.321 e. The van der Waals surface area contributed by atoms with Gasteiger partial charge < -0.3 is 10.8 Å². The third-order valence-corrected chi connectivity index (χ3v) is 3.58. The molecule has 9 heteroatoms. The second-order valence-electron chi connectivity index (χ2n) is 4.97. The minimum atomic E-state index is -1.59. The van der Waals surface area contributed by atoms with Gasteiger partial charge in [-0.1, -0.05) is 36.4 Å². The molecule has 0 unspecified atom stereocenters. The number of hydrogen-bond donors (Lipinski definition) is 2. The van der Waals surface area contributed by atoms with Gasteiger partial charge in [0.05, 0.1) is 9.85 Å². The number of carbonyl (C=O) groups is 1. The predicted octanol–water partition coefficient (Wildman–Crippen LogP) is 2.05. The van der Waals surface area contributed by atoms with E-state index in [0.717, 1.165) is 0 Å². The zero-order valence-electron chi connectivity index (χ0n) is 12.2. The van der Waals surface area contributed by atoms with Gasteiger partial charge >= 0.3 is 5.97 Å². The van der Waals surface area contributed by atoms with Crippen LogP contribution in [0.4, 0.5) is 11.4 Å². The van der Waals surface area contributed by atoms with Crippen LogP contribution in [0.15, 0.2) is 48.5 Å². The van der Waals surface area contributed by atoms with E-state index in [9.17, 15) is 30.1 Å². The Balaban J connectivity index is 2.75. The van der Waals surface area contributed by atoms with Crippen LogP contribution in [-0.2, 0) is 4.79 Å². The first kappa shape index (κ1) is 17.0. The second-order valence-corrected chi connectivity index (χ2v) is 4.97. The maximum absolute atomic E-state index is 11.4. The standard InChI is InChI=1S/C15H13N3O6/c16-14(15(19)20)13(9-5-1-3-7-11(9)17(21)22)10-6-2-4-8-12(10)18(23)24/h1-8,13-14H,16H2,(H,19,20)/t14-/m0/s1. The number of nitro groups is 2. The highest BCUT2D eigenvalue weighted by molar-refractivity contribution is 5.77. The number of rotatable bonds is 6. The molecule has 1 atom stereocenters. The quantitative estimate of drug-likeness (QED) is 0.607. The first-order valence-electron chi connectivity index (χ1n) is 6.79. The summed E-state index contributed by atoms with van der Waals surface area (Å²) in [6, 6.07) is 9.32. The van der Waals surface area contributed by atoms with Gasteiger partial charge in [0.2, 0.25) is 0 Å². The zero-order chi connectivity index (χ0) is 17.9. The monoisotopic (exact) mass is 331 g/mol. The molecule has 0 aromatic heterocycles. The van der Waals surface area contributed by atoms with Crippen molar-refractivity contribution in [3.05, 3.63) is 79.9 Å². The number of aliphatic carboxylic acids is 1. The molecule has 0 spiro atoms. The van der Waals surface area contributed by atoms with Crippen molar-refractivity contribution >= 4 is 17.3 Å². The van der Waals surface area contributed by atoms with E-state index in [1.807, 2.05) is 0 Å². The fourth-order valence-corrected chi connectivity index (χ4v) is 2.53. The van der Waals surface area contributed by atoms with Crippen LogP contribution in [0.25, 0.3) is 0 Å². The normalized spacial score (nSPS) is 11.9. The molecule has 9 nitrogen and oxygen atoms in total. The van der Waals surface area contributed by atoms with E-state index in [0.29, 0.717) is 0 Å². The van der Waals surface area contributed by atoms with Crippen molar-refractivity contribution in [2.24, 2.45) is 5.73 Å². The van der Waals surface area contributed by atoms with Crippen LogP contribution in [0.2, 0.25) is 0 Å². The molecule has 0 saturated heterocycles. The van der Waals surface area contributed by atoms with Crippen molar-refractivity contribution in [1.29, 1.82) is 0 Å². The van der Waals surface area contributed by atoms with E-state index < -0.39 is 27.8 Å². The van der Waals surface area contributed by atoms with Gasteiger partial charge in [-0.05, 0) is 0 Å². The first-order chi connectivity index (χ1) is 11.3. The maximum Gasteiger partial charge on any atom is 0.321 e. The SMILES string of the molecule is N[C@H](C(=O)O)C(c1ccccc1[N+](=O)[O-])c1ccccc1[N+](=O)[O-]. The van der Waals surface area contributed by atoms with Crippen molar-refractivity contribution in [2.45, 2.75) is 12.0 Å². The van der Waals surface area contributed by atoms with Crippen LogP contribution in [0, 0.1) is 20.2 Å². The van der Waals surface area contributed by atoms with Crippen LogP contribution >= 0.6 is 0 Å². The van der Waals surface area contributed by atoms with Crippen molar-refractivity contribution in [3.8, 4) is 0 Å². The summed E-state index contributed by atoms with van der Waals surface area (Å²) in [4.78, 5) is 32.5. The summed E-state index contributed by atoms with van der Waals surface area (Å²) in [5, 5.41) is 31.8. The summed E-state index contributed by atoms with van der Waals surface area (Å²) >= 11 is 0. The molecule has 0 bridgehead atoms. The van der Waals surface area contributed by atoms with Gasteiger partial charge in [0.25, 0.3) is 11.4 Å². The van der Waals surface area contributed by atoms with Crippen LogP contribution in [0.5, 0.6) is 0 Å². The number of para-hydroxylation sites is 2. The maximum atomic E-state index is 11.4. The van der Waals surface area contributed by atoms with Crippen LogP contribution < -0.4 is 5.73 Å². The highest BCUT2D eigenvalue weighted by Gasteiger charge is 2.36. The molecule has 0 aliphatic rings. The molecule has 0 saturated carbocycles. The molecular weight excluding hydrogens is 318 g/mol. The molecule has 0 aliphatic carbocycles. The summed E-state index contributed by atoms with van der Waals surface area (Å²) in [5.74, 6) is -2.66. The molecule has 0 radical (unpaired) electrons. The van der Waals surface area contributed by atoms with Crippen LogP contribution in [0.1, 0.15) is 17.0 Å². The number of nitrogens with zero attached hydrogens (tertiary/aromatic N) is 2. The fourth-order valence-electron chi connectivity index (χ4n) is 2.53. The van der Waals surface area contributed by atoms with Gasteiger partial charge in [0.1, 0.15) is 6.04 Å². The van der Waals surface area contributed by atoms with Crippen LogP contribution in [-0.4, -0.2) is 27.0 Å². The molecule has 2 aromatic rings. The molecule has 124 valence electrons. The number of carboxylic acids is 1. The summed E-state index contributed by atoms with van der Waals surface area (Å²) in [7, 11) is 0. The third kappa shape index (κ3) is 3.20. The topological polar surface area (TPSA) is 150 Å². The highest BCUT2D eigenvalue weighted by Crippen LogP contribution is 2.37. The van der Waals surface area contributed by atoms with E-state index in [2.05, 4.69) is 0 Å². The summed E-state index contributed by atoms with van der Waals surface area (Å²) in [6.45, 7) is 0. The summed E-state index contributed by atoms with van der Waals surface area (Å²) in [5.41, 5.74) is 5.03. The zero-order valence-corrected chi connectivity index (χ0v) is 12.2. The lowest BCUT2D eigenvalue weighted by atomic mass is 9.83. The molecule has 0 fully saturated rings. The average molecular weight is 331 g/mol. The Morgan fingerprint density at radius 3 is 1.62 bits per heavy atom. The van der Waals surface area contributed by atoms with Gasteiger partial charge in [-0.2, -0.15) is 0 Å². The van der Waals surface area contributed by atoms with Gasteiger partial charge in [-0.15, -0.1) is 0 Å². The van der Waals surface area contributed by atoms with Gasteiger partial charge in [-0.25, -0.2) is 0 Å². The van der Waals surface area contributed by atoms with Crippen molar-refractivity contribution in [1.82, 2.24) is 0 Å². The van der Waals surface area contributed by atoms with E-state index in [1.165, 1.54) is 48.5 Å². The lowest BCUT2D eigenvalue weighted by Crippen LogP contribution is -2.37. The molecule has 0 aliphatic heterocycles. The Labute approximate surface area is 135 Å². The number of nitro benzene ring substituents is 2. The Morgan fingerprint density at radius 2 is 1.29 bits per heavy atom. The molecule has 2 aromatic carbocycles. The lowest BCUT2D eigenvalue weighted by Gasteiger charge is -2.21. The fraction of sp³-hybridized carbons (Fsp3) is 0.133. The Hall–Kier alpha value is -3.33. The van der Waals surface area contributed by atoms with Crippen molar-refractivity contribution in [2.75, 3.05) is 0 Å². The molecule has 0 amide bonds. The highest BCUT2D eigenvalue weighted by atomic mass is 16.6. The Bertz CT molecular complexity index is 750. The largest absolute Gasteiger partial charge is 0.480 e.